The number of nitrogens with one attached hydrogen (secondary N) is 2. The van der Waals surface area contributed by atoms with Crippen LogP contribution < -0.4 is 10.6 Å². The van der Waals surface area contributed by atoms with Gasteiger partial charge in [0.25, 0.3) is 0 Å². The molecule has 0 bridgehead atoms. The van der Waals surface area contributed by atoms with Crippen LogP contribution in [0.4, 0.5) is 5.69 Å². The fourth-order valence-corrected chi connectivity index (χ4v) is 1.46. The Morgan fingerprint density at radius 2 is 2.00 bits per heavy atom. The normalized spacial score (nSPS) is 13.2. The lowest BCUT2D eigenvalue weighted by molar-refractivity contribution is -0.114. The van der Waals surface area contributed by atoms with Crippen LogP contribution in [0.3, 0.4) is 0 Å². The molecule has 1 rings (SSSR count). The van der Waals surface area contributed by atoms with Gasteiger partial charge < -0.3 is 15.7 Å². The van der Waals surface area contributed by atoms with Gasteiger partial charge in [-0.05, 0) is 32.4 Å². The molecule has 1 unspecified atom stereocenters. The number of para-hydroxylation sites is 1. The van der Waals surface area contributed by atoms with Crippen LogP contribution in [-0.4, -0.2) is 22.7 Å². The lowest BCUT2D eigenvalue weighted by Gasteiger charge is -2.30. The van der Waals surface area contributed by atoms with Crippen molar-refractivity contribution >= 4 is 11.6 Å². The highest BCUT2D eigenvalue weighted by molar-refractivity contribution is 5.89. The molecule has 4 nitrogen and oxygen atoms in total. The van der Waals surface area contributed by atoms with Crippen LogP contribution in [0.1, 0.15) is 33.3 Å². The number of benzene rings is 1. The molecule has 0 spiro atoms. The molecular formula is C14H22N2O2. The summed E-state index contributed by atoms with van der Waals surface area (Å²) in [4.78, 5) is 11.1. The number of aliphatic hydroxyl groups excluding tert-OH is 1. The van der Waals surface area contributed by atoms with E-state index in [4.69, 9.17) is 0 Å². The van der Waals surface area contributed by atoms with Gasteiger partial charge in [0, 0.05) is 24.7 Å². The van der Waals surface area contributed by atoms with Crippen LogP contribution >= 0.6 is 0 Å². The molecule has 0 aromatic heterocycles. The smallest absolute Gasteiger partial charge is 0.221 e. The van der Waals surface area contributed by atoms with Gasteiger partial charge in [-0.15, -0.1) is 0 Å². The van der Waals surface area contributed by atoms with Crippen LogP contribution in [0.25, 0.3) is 0 Å². The highest BCUT2D eigenvalue weighted by Gasteiger charge is 2.23. The van der Waals surface area contributed by atoms with E-state index in [9.17, 15) is 9.90 Å². The molecule has 0 saturated carbocycles. The summed E-state index contributed by atoms with van der Waals surface area (Å²) in [6.07, 6.45) is -0.453. The van der Waals surface area contributed by atoms with Gasteiger partial charge in [-0.1, -0.05) is 18.2 Å². The summed E-state index contributed by atoms with van der Waals surface area (Å²) in [5, 5.41) is 15.7. The number of hydrogen-bond acceptors (Lipinski definition) is 3. The summed E-state index contributed by atoms with van der Waals surface area (Å²) in [5.41, 5.74) is 1.43. The Kier molecular flexibility index (Phi) is 4.87. The van der Waals surface area contributed by atoms with Gasteiger partial charge in [0.15, 0.2) is 0 Å². The van der Waals surface area contributed by atoms with Crippen LogP contribution in [0.15, 0.2) is 24.3 Å². The van der Waals surface area contributed by atoms with Crippen molar-refractivity contribution in [2.24, 2.45) is 0 Å². The first kappa shape index (κ1) is 14.7. The summed E-state index contributed by atoms with van der Waals surface area (Å²) in [7, 11) is 0. The van der Waals surface area contributed by atoms with Crippen molar-refractivity contribution < 1.29 is 9.90 Å². The zero-order chi connectivity index (χ0) is 13.8. The van der Waals surface area contributed by atoms with E-state index in [1.54, 1.807) is 6.92 Å². The van der Waals surface area contributed by atoms with Gasteiger partial charge in [-0.3, -0.25) is 4.79 Å². The third kappa shape index (κ3) is 4.13. The summed E-state index contributed by atoms with van der Waals surface area (Å²) in [5.74, 6) is -0.0859. The standard InChI is InChI=1S/C14H22N2O2/c1-10(17)14(3,4)15-9-12-7-5-6-8-13(12)16-11(2)18/h5-8,10,15,17H,9H2,1-4H3,(H,16,18). The number of anilines is 1. The van der Waals surface area contributed by atoms with Gasteiger partial charge in [0.1, 0.15) is 0 Å². The van der Waals surface area contributed by atoms with Crippen molar-refractivity contribution in [3.05, 3.63) is 29.8 Å². The first-order chi connectivity index (χ1) is 8.33. The van der Waals surface area contributed by atoms with E-state index in [1.807, 2.05) is 38.1 Å². The van der Waals surface area contributed by atoms with Gasteiger partial charge in [0.05, 0.1) is 6.10 Å². The molecule has 0 aliphatic rings. The average Bonchev–Trinajstić information content (AvgIpc) is 2.27. The minimum atomic E-state index is -0.453. The van der Waals surface area contributed by atoms with Gasteiger partial charge in [-0.25, -0.2) is 0 Å². The Bertz CT molecular complexity index is 414. The number of aliphatic hydroxyl groups is 1. The second-order valence-corrected chi connectivity index (χ2v) is 5.09. The predicted octanol–water partition coefficient (Wildman–Crippen LogP) is 1.89. The molecule has 18 heavy (non-hydrogen) atoms. The van der Waals surface area contributed by atoms with E-state index in [0.717, 1.165) is 11.3 Å². The predicted molar refractivity (Wildman–Crippen MR) is 73.3 cm³/mol. The molecule has 0 heterocycles. The molecule has 100 valence electrons. The van der Waals surface area contributed by atoms with E-state index >= 15 is 0 Å². The Balaban J connectivity index is 2.76. The quantitative estimate of drug-likeness (QED) is 0.748. The Morgan fingerprint density at radius 1 is 1.39 bits per heavy atom. The summed E-state index contributed by atoms with van der Waals surface area (Å²) in [6.45, 7) is 7.72. The summed E-state index contributed by atoms with van der Waals surface area (Å²) < 4.78 is 0. The maximum atomic E-state index is 11.1. The van der Waals surface area contributed by atoms with Crippen molar-refractivity contribution in [2.75, 3.05) is 5.32 Å². The second kappa shape index (κ2) is 5.98. The van der Waals surface area contributed by atoms with Crippen LogP contribution in [0.5, 0.6) is 0 Å². The van der Waals surface area contributed by atoms with Crippen LogP contribution in [-0.2, 0) is 11.3 Å². The monoisotopic (exact) mass is 250 g/mol. The number of carbonyl (C=O) groups excluding carboxylic acids is 1. The molecule has 1 aromatic rings. The first-order valence-corrected chi connectivity index (χ1v) is 6.11. The topological polar surface area (TPSA) is 61.4 Å². The molecule has 1 aromatic carbocycles. The van der Waals surface area contributed by atoms with E-state index in [2.05, 4.69) is 10.6 Å². The molecule has 0 aliphatic heterocycles. The minimum absolute atomic E-state index is 0.0859. The van der Waals surface area contributed by atoms with Gasteiger partial charge >= 0.3 is 0 Å². The van der Waals surface area contributed by atoms with E-state index in [-0.39, 0.29) is 11.4 Å². The summed E-state index contributed by atoms with van der Waals surface area (Å²) in [6, 6.07) is 7.64. The Hall–Kier alpha value is -1.39. The Labute approximate surface area is 108 Å². The lowest BCUT2D eigenvalue weighted by Crippen LogP contribution is -2.47. The average molecular weight is 250 g/mol. The maximum Gasteiger partial charge on any atom is 0.221 e. The van der Waals surface area contributed by atoms with Crippen molar-refractivity contribution in [1.82, 2.24) is 5.32 Å². The molecule has 0 aliphatic carbocycles. The number of carbonyl (C=O) groups is 1. The molecular weight excluding hydrogens is 228 g/mol. The second-order valence-electron chi connectivity index (χ2n) is 5.09. The molecule has 0 radical (unpaired) electrons. The molecule has 0 fully saturated rings. The molecule has 1 atom stereocenters. The van der Waals surface area contributed by atoms with Crippen molar-refractivity contribution in [3.8, 4) is 0 Å². The van der Waals surface area contributed by atoms with Gasteiger partial charge in [0.2, 0.25) is 5.91 Å². The lowest BCUT2D eigenvalue weighted by atomic mass is 9.98. The highest BCUT2D eigenvalue weighted by Crippen LogP contribution is 2.17. The highest BCUT2D eigenvalue weighted by atomic mass is 16.3. The minimum Gasteiger partial charge on any atom is -0.392 e. The molecule has 3 N–H and O–H groups in total. The van der Waals surface area contributed by atoms with E-state index < -0.39 is 6.10 Å². The summed E-state index contributed by atoms with van der Waals surface area (Å²) >= 11 is 0. The molecule has 0 saturated heterocycles. The molecule has 1 amide bonds. The van der Waals surface area contributed by atoms with Crippen molar-refractivity contribution in [3.63, 3.8) is 0 Å². The Morgan fingerprint density at radius 3 is 2.56 bits per heavy atom. The zero-order valence-electron chi connectivity index (χ0n) is 11.4. The SMILES string of the molecule is CC(=O)Nc1ccccc1CNC(C)(C)C(C)O. The number of rotatable bonds is 5. The van der Waals surface area contributed by atoms with Crippen molar-refractivity contribution in [1.29, 1.82) is 0 Å². The van der Waals surface area contributed by atoms with Crippen LogP contribution in [0, 0.1) is 0 Å². The fraction of sp³-hybridized carbons (Fsp3) is 0.500. The largest absolute Gasteiger partial charge is 0.392 e. The number of hydrogen-bond donors (Lipinski definition) is 3. The molecule has 4 heteroatoms. The third-order valence-electron chi connectivity index (χ3n) is 3.11. The van der Waals surface area contributed by atoms with E-state index in [0.29, 0.717) is 6.54 Å². The van der Waals surface area contributed by atoms with Crippen LogP contribution in [0.2, 0.25) is 0 Å². The first-order valence-electron chi connectivity index (χ1n) is 6.11. The maximum absolute atomic E-state index is 11.1. The third-order valence-corrected chi connectivity index (χ3v) is 3.11. The van der Waals surface area contributed by atoms with E-state index in [1.165, 1.54) is 6.92 Å². The van der Waals surface area contributed by atoms with Crippen molar-refractivity contribution in [2.45, 2.75) is 45.9 Å². The zero-order valence-corrected chi connectivity index (χ0v) is 11.4. The fourth-order valence-electron chi connectivity index (χ4n) is 1.46. The van der Waals surface area contributed by atoms with Gasteiger partial charge in [-0.2, -0.15) is 0 Å². The number of amides is 1.